The molecule has 2 aromatic rings. The van der Waals surface area contributed by atoms with E-state index < -0.39 is 0 Å². The first-order valence-corrected chi connectivity index (χ1v) is 7.00. The molecule has 0 fully saturated rings. The largest absolute Gasteiger partial charge is 0.330 e. The molecule has 5 heteroatoms. The Kier molecular flexibility index (Phi) is 4.27. The minimum atomic E-state index is 0.265. The summed E-state index contributed by atoms with van der Waals surface area (Å²) in [5.74, 6) is 0.914. The maximum Gasteiger partial charge on any atom is 0.179 e. The minimum Gasteiger partial charge on any atom is -0.330 e. The summed E-state index contributed by atoms with van der Waals surface area (Å²) in [6.45, 7) is 6.68. The van der Waals surface area contributed by atoms with Crippen molar-refractivity contribution in [3.8, 4) is 11.5 Å². The standard InChI is InChI=1S/C14H17BrN4/c1-8(7-16)12-9(2)18-14(19-10(12)3)13-11(15)5-4-6-17-13/h4-6,8H,7,16H2,1-3H3. The number of hydrogen-bond donors (Lipinski definition) is 1. The lowest BCUT2D eigenvalue weighted by Gasteiger charge is -2.15. The van der Waals surface area contributed by atoms with Gasteiger partial charge in [0.15, 0.2) is 5.82 Å². The van der Waals surface area contributed by atoms with Crippen LogP contribution in [-0.4, -0.2) is 21.5 Å². The van der Waals surface area contributed by atoms with Crippen LogP contribution >= 0.6 is 15.9 Å². The first-order chi connectivity index (χ1) is 9.04. The SMILES string of the molecule is Cc1nc(-c2ncccc2Br)nc(C)c1C(C)CN. The zero-order chi connectivity index (χ0) is 14.0. The van der Waals surface area contributed by atoms with Gasteiger partial charge in [-0.1, -0.05) is 6.92 Å². The maximum absolute atomic E-state index is 5.74. The fourth-order valence-electron chi connectivity index (χ4n) is 2.21. The van der Waals surface area contributed by atoms with Crippen molar-refractivity contribution in [3.05, 3.63) is 39.8 Å². The number of aromatic nitrogens is 3. The van der Waals surface area contributed by atoms with Gasteiger partial charge < -0.3 is 5.73 Å². The predicted molar refractivity (Wildman–Crippen MR) is 79.9 cm³/mol. The Morgan fingerprint density at radius 2 is 1.89 bits per heavy atom. The summed E-state index contributed by atoms with van der Waals surface area (Å²) in [7, 11) is 0. The molecular formula is C14H17BrN4. The molecule has 19 heavy (non-hydrogen) atoms. The van der Waals surface area contributed by atoms with Crippen molar-refractivity contribution in [3.63, 3.8) is 0 Å². The second kappa shape index (κ2) is 5.75. The van der Waals surface area contributed by atoms with Gasteiger partial charge in [0.2, 0.25) is 0 Å². The lowest BCUT2D eigenvalue weighted by molar-refractivity contribution is 0.743. The van der Waals surface area contributed by atoms with Crippen molar-refractivity contribution in [1.29, 1.82) is 0 Å². The zero-order valence-electron chi connectivity index (χ0n) is 11.3. The van der Waals surface area contributed by atoms with Gasteiger partial charge in [0.25, 0.3) is 0 Å². The van der Waals surface area contributed by atoms with Crippen LogP contribution in [0.4, 0.5) is 0 Å². The average Bonchev–Trinajstić information content (AvgIpc) is 2.38. The van der Waals surface area contributed by atoms with Crippen molar-refractivity contribution >= 4 is 15.9 Å². The van der Waals surface area contributed by atoms with Gasteiger partial charge in [0, 0.05) is 22.1 Å². The number of aryl methyl sites for hydroxylation is 2. The molecule has 0 saturated heterocycles. The van der Waals surface area contributed by atoms with E-state index in [0.717, 1.165) is 27.1 Å². The number of pyridine rings is 1. The molecule has 2 aromatic heterocycles. The zero-order valence-corrected chi connectivity index (χ0v) is 12.9. The summed E-state index contributed by atoms with van der Waals surface area (Å²) >= 11 is 3.48. The molecule has 2 N–H and O–H groups in total. The molecular weight excluding hydrogens is 304 g/mol. The van der Waals surface area contributed by atoms with Gasteiger partial charge in [-0.05, 0) is 59.9 Å². The minimum absolute atomic E-state index is 0.265. The molecule has 0 radical (unpaired) electrons. The summed E-state index contributed by atoms with van der Waals surface area (Å²) in [5, 5.41) is 0. The molecule has 0 bridgehead atoms. The third kappa shape index (κ3) is 2.82. The predicted octanol–water partition coefficient (Wildman–Crippen LogP) is 2.98. The lowest BCUT2D eigenvalue weighted by Crippen LogP contribution is -2.14. The van der Waals surface area contributed by atoms with Crippen LogP contribution in [0.3, 0.4) is 0 Å². The van der Waals surface area contributed by atoms with E-state index >= 15 is 0 Å². The van der Waals surface area contributed by atoms with Crippen LogP contribution in [0.1, 0.15) is 29.8 Å². The van der Waals surface area contributed by atoms with E-state index in [1.165, 1.54) is 0 Å². The van der Waals surface area contributed by atoms with Gasteiger partial charge in [-0.2, -0.15) is 0 Å². The van der Waals surface area contributed by atoms with Gasteiger partial charge in [-0.25, -0.2) is 9.97 Å². The Balaban J connectivity index is 2.55. The summed E-state index contributed by atoms with van der Waals surface area (Å²) in [6, 6.07) is 3.81. The Morgan fingerprint density at radius 3 is 2.42 bits per heavy atom. The third-order valence-corrected chi connectivity index (χ3v) is 3.78. The Bertz CT molecular complexity index is 575. The second-order valence-electron chi connectivity index (χ2n) is 4.60. The molecule has 1 atom stereocenters. The fourth-order valence-corrected chi connectivity index (χ4v) is 2.64. The number of nitrogens with two attached hydrogens (primary N) is 1. The van der Waals surface area contributed by atoms with E-state index in [0.29, 0.717) is 12.4 Å². The maximum atomic E-state index is 5.74. The summed E-state index contributed by atoms with van der Waals surface area (Å²) < 4.78 is 0.897. The van der Waals surface area contributed by atoms with Crippen LogP contribution in [0.2, 0.25) is 0 Å². The normalized spacial score (nSPS) is 12.5. The molecule has 4 nitrogen and oxygen atoms in total. The Hall–Kier alpha value is -1.33. The van der Waals surface area contributed by atoms with E-state index in [-0.39, 0.29) is 5.92 Å². The van der Waals surface area contributed by atoms with Crippen LogP contribution in [0.5, 0.6) is 0 Å². The van der Waals surface area contributed by atoms with Crippen molar-refractivity contribution in [2.75, 3.05) is 6.54 Å². The quantitative estimate of drug-likeness (QED) is 0.944. The van der Waals surface area contributed by atoms with Crippen molar-refractivity contribution < 1.29 is 0 Å². The Labute approximate surface area is 121 Å². The fraction of sp³-hybridized carbons (Fsp3) is 0.357. The molecule has 0 spiro atoms. The number of rotatable bonds is 3. The van der Waals surface area contributed by atoms with Gasteiger partial charge in [0.05, 0.1) is 0 Å². The molecule has 0 aliphatic heterocycles. The molecule has 2 heterocycles. The molecule has 2 rings (SSSR count). The van der Waals surface area contributed by atoms with Gasteiger partial charge >= 0.3 is 0 Å². The molecule has 0 aromatic carbocycles. The molecule has 100 valence electrons. The summed E-state index contributed by atoms with van der Waals surface area (Å²) in [6.07, 6.45) is 1.74. The van der Waals surface area contributed by atoms with Crippen molar-refractivity contribution in [1.82, 2.24) is 15.0 Å². The number of halogens is 1. The topological polar surface area (TPSA) is 64.7 Å². The molecule has 0 amide bonds. The first-order valence-electron chi connectivity index (χ1n) is 6.20. The van der Waals surface area contributed by atoms with Crippen LogP contribution < -0.4 is 5.73 Å². The van der Waals surface area contributed by atoms with E-state index in [1.54, 1.807) is 6.20 Å². The summed E-state index contributed by atoms with van der Waals surface area (Å²) in [5.41, 5.74) is 9.58. The van der Waals surface area contributed by atoms with E-state index in [4.69, 9.17) is 5.73 Å². The number of hydrogen-bond acceptors (Lipinski definition) is 4. The highest BCUT2D eigenvalue weighted by atomic mass is 79.9. The molecule has 0 aliphatic carbocycles. The lowest BCUT2D eigenvalue weighted by atomic mass is 9.98. The van der Waals surface area contributed by atoms with Crippen molar-refractivity contribution in [2.45, 2.75) is 26.7 Å². The highest BCUT2D eigenvalue weighted by Crippen LogP contribution is 2.26. The monoisotopic (exact) mass is 320 g/mol. The van der Waals surface area contributed by atoms with Crippen LogP contribution in [0.25, 0.3) is 11.5 Å². The smallest absolute Gasteiger partial charge is 0.179 e. The van der Waals surface area contributed by atoms with Gasteiger partial charge in [-0.3, -0.25) is 4.98 Å². The van der Waals surface area contributed by atoms with E-state index in [1.807, 2.05) is 26.0 Å². The third-order valence-electron chi connectivity index (χ3n) is 3.14. The Morgan fingerprint density at radius 1 is 1.26 bits per heavy atom. The molecule has 0 saturated carbocycles. The van der Waals surface area contributed by atoms with Crippen LogP contribution in [0, 0.1) is 13.8 Å². The second-order valence-corrected chi connectivity index (χ2v) is 5.46. The van der Waals surface area contributed by atoms with E-state index in [9.17, 15) is 0 Å². The average molecular weight is 321 g/mol. The molecule has 0 aliphatic rings. The first kappa shape index (κ1) is 14.1. The number of nitrogens with zero attached hydrogens (tertiary/aromatic N) is 3. The van der Waals surface area contributed by atoms with Gasteiger partial charge in [-0.15, -0.1) is 0 Å². The van der Waals surface area contributed by atoms with Gasteiger partial charge in [0.1, 0.15) is 5.69 Å². The van der Waals surface area contributed by atoms with Crippen LogP contribution in [0.15, 0.2) is 22.8 Å². The highest BCUT2D eigenvalue weighted by Gasteiger charge is 2.16. The highest BCUT2D eigenvalue weighted by molar-refractivity contribution is 9.10. The van der Waals surface area contributed by atoms with E-state index in [2.05, 4.69) is 37.8 Å². The molecule has 1 unspecified atom stereocenters. The van der Waals surface area contributed by atoms with Crippen LogP contribution in [-0.2, 0) is 0 Å². The van der Waals surface area contributed by atoms with Crippen molar-refractivity contribution in [2.24, 2.45) is 5.73 Å². The summed E-state index contributed by atoms with van der Waals surface area (Å²) in [4.78, 5) is 13.5.